The van der Waals surface area contributed by atoms with Gasteiger partial charge in [-0.05, 0) is 55.0 Å². The molecule has 0 bridgehead atoms. The van der Waals surface area contributed by atoms with Crippen molar-refractivity contribution in [2.24, 2.45) is 0 Å². The zero-order chi connectivity index (χ0) is 32.6. The average Bonchev–Trinajstić information content (AvgIpc) is 3.07. The smallest absolute Gasteiger partial charge is 0.321 e. The van der Waals surface area contributed by atoms with Crippen molar-refractivity contribution in [3.8, 4) is 5.75 Å². The van der Waals surface area contributed by atoms with Crippen LogP contribution in [0.1, 0.15) is 16.8 Å². The molecule has 10 nitrogen and oxygen atoms in total. The Hall–Kier alpha value is -4.64. The van der Waals surface area contributed by atoms with E-state index in [2.05, 4.69) is 15.6 Å². The number of anilines is 2. The van der Waals surface area contributed by atoms with Crippen molar-refractivity contribution in [3.05, 3.63) is 99.7 Å². The Labute approximate surface area is 276 Å². The molecule has 12 heteroatoms. The monoisotopic (exact) mass is 661 g/mol. The molecule has 3 aromatic carbocycles. The van der Waals surface area contributed by atoms with Crippen LogP contribution in [0.2, 0.25) is 10.0 Å². The Morgan fingerprint density at radius 2 is 1.78 bits per heavy atom. The number of hydrogen-bond acceptors (Lipinski definition) is 6. The Kier molecular flexibility index (Phi) is 10.7. The van der Waals surface area contributed by atoms with Gasteiger partial charge in [0.25, 0.3) is 0 Å². The molecule has 0 aliphatic carbocycles. The standard InChI is InChI=1S/C34H33Cl2N5O5/c1-22-6-10-24-4-3-5-29(33(24)38-22)46-21-26-27(35)13-14-28(32(26)36)40(2)31(43)20-37-30(42)15-9-23-7-11-25(12-8-23)39-34(44)41-16-18-45-19-17-41/h3-15H,16-21H2,1-2H3,(H,37,42)(H,39,44). The third-order valence-corrected chi connectivity index (χ3v) is 8.17. The Bertz CT molecular complexity index is 1770. The fourth-order valence-corrected chi connectivity index (χ4v) is 5.36. The van der Waals surface area contributed by atoms with Gasteiger partial charge >= 0.3 is 6.03 Å². The molecule has 1 fully saturated rings. The molecule has 0 saturated carbocycles. The minimum absolute atomic E-state index is 0.0605. The summed E-state index contributed by atoms with van der Waals surface area (Å²) in [5, 5.41) is 7.06. The SMILES string of the molecule is Cc1ccc2cccc(OCc3c(Cl)ccc(N(C)C(=O)CNC(=O)C=Cc4ccc(NC(=O)N5CCOCC5)cc4)c3Cl)c2n1. The van der Waals surface area contributed by atoms with Gasteiger partial charge in [-0.15, -0.1) is 0 Å². The molecule has 5 rings (SSSR count). The third-order valence-electron chi connectivity index (χ3n) is 7.40. The zero-order valence-corrected chi connectivity index (χ0v) is 26.9. The summed E-state index contributed by atoms with van der Waals surface area (Å²) in [6, 6.07) is 19.8. The summed E-state index contributed by atoms with van der Waals surface area (Å²) in [6.45, 7) is 3.87. The number of aromatic nitrogens is 1. The molecular formula is C34H33Cl2N5O5. The molecule has 1 aliphatic heterocycles. The lowest BCUT2D eigenvalue weighted by Crippen LogP contribution is -2.43. The number of hydrogen-bond donors (Lipinski definition) is 2. The first-order valence-corrected chi connectivity index (χ1v) is 15.4. The normalized spacial score (nSPS) is 13.1. The number of aryl methyl sites for hydroxylation is 1. The van der Waals surface area contributed by atoms with Crippen LogP contribution in [0.25, 0.3) is 17.0 Å². The number of fused-ring (bicyclic) bond motifs is 1. The van der Waals surface area contributed by atoms with E-state index in [0.717, 1.165) is 22.2 Å². The number of amides is 4. The fraction of sp³-hybridized carbons (Fsp3) is 0.235. The minimum atomic E-state index is -0.443. The highest BCUT2D eigenvalue weighted by Gasteiger charge is 2.20. The van der Waals surface area contributed by atoms with Crippen LogP contribution in [0.5, 0.6) is 5.75 Å². The summed E-state index contributed by atoms with van der Waals surface area (Å²) in [5.74, 6) is -0.237. The maximum atomic E-state index is 13.0. The van der Waals surface area contributed by atoms with Crippen molar-refractivity contribution in [3.63, 3.8) is 0 Å². The molecular weight excluding hydrogens is 629 g/mol. The van der Waals surface area contributed by atoms with Gasteiger partial charge in [-0.1, -0.05) is 53.5 Å². The lowest BCUT2D eigenvalue weighted by molar-refractivity contribution is -0.122. The predicted octanol–water partition coefficient (Wildman–Crippen LogP) is 6.09. The van der Waals surface area contributed by atoms with Gasteiger partial charge in [-0.25, -0.2) is 9.78 Å². The van der Waals surface area contributed by atoms with Crippen molar-refractivity contribution >= 4 is 69.4 Å². The van der Waals surface area contributed by atoms with E-state index < -0.39 is 5.91 Å². The van der Waals surface area contributed by atoms with E-state index in [9.17, 15) is 14.4 Å². The summed E-state index contributed by atoms with van der Waals surface area (Å²) >= 11 is 13.2. The number of carbonyl (C=O) groups excluding carboxylic acids is 3. The summed E-state index contributed by atoms with van der Waals surface area (Å²) in [5.41, 5.74) is 3.93. The molecule has 0 unspecified atom stereocenters. The molecule has 238 valence electrons. The number of carbonyl (C=O) groups is 3. The number of nitrogens with zero attached hydrogens (tertiary/aromatic N) is 3. The Balaban J connectivity index is 1.14. The molecule has 4 aromatic rings. The van der Waals surface area contributed by atoms with Crippen LogP contribution < -0.4 is 20.3 Å². The molecule has 1 aliphatic rings. The number of ether oxygens (including phenoxy) is 2. The number of urea groups is 1. The highest BCUT2D eigenvalue weighted by Crippen LogP contribution is 2.35. The van der Waals surface area contributed by atoms with E-state index in [1.54, 1.807) is 54.4 Å². The molecule has 1 aromatic heterocycles. The van der Waals surface area contributed by atoms with Gasteiger partial charge in [-0.2, -0.15) is 0 Å². The fourth-order valence-electron chi connectivity index (χ4n) is 4.75. The number of para-hydroxylation sites is 1. The predicted molar refractivity (Wildman–Crippen MR) is 181 cm³/mol. The quantitative estimate of drug-likeness (QED) is 0.210. The van der Waals surface area contributed by atoms with Gasteiger partial charge in [-0.3, -0.25) is 9.59 Å². The summed E-state index contributed by atoms with van der Waals surface area (Å²) in [6.07, 6.45) is 2.95. The van der Waals surface area contributed by atoms with Crippen LogP contribution in [0.15, 0.2) is 72.8 Å². The van der Waals surface area contributed by atoms with E-state index in [1.165, 1.54) is 11.0 Å². The molecule has 2 N–H and O–H groups in total. The largest absolute Gasteiger partial charge is 0.487 e. The number of halogens is 2. The van der Waals surface area contributed by atoms with Crippen LogP contribution in [0.4, 0.5) is 16.2 Å². The lowest BCUT2D eigenvalue weighted by Gasteiger charge is -2.26. The minimum Gasteiger partial charge on any atom is -0.487 e. The Morgan fingerprint density at radius 3 is 2.54 bits per heavy atom. The first-order chi connectivity index (χ1) is 22.2. The van der Waals surface area contributed by atoms with Crippen LogP contribution in [-0.4, -0.2) is 67.6 Å². The molecule has 0 spiro atoms. The van der Waals surface area contributed by atoms with E-state index in [-0.39, 0.29) is 30.1 Å². The summed E-state index contributed by atoms with van der Waals surface area (Å²) in [7, 11) is 1.57. The van der Waals surface area contributed by atoms with Crippen molar-refractivity contribution in [1.29, 1.82) is 0 Å². The Morgan fingerprint density at radius 1 is 1.02 bits per heavy atom. The molecule has 0 radical (unpaired) electrons. The second-order valence-electron chi connectivity index (χ2n) is 10.6. The van der Waals surface area contributed by atoms with E-state index in [1.807, 2.05) is 37.3 Å². The van der Waals surface area contributed by atoms with Crippen LogP contribution in [0, 0.1) is 6.92 Å². The number of morpholine rings is 1. The highest BCUT2D eigenvalue weighted by atomic mass is 35.5. The van der Waals surface area contributed by atoms with Gasteiger partial charge in [0.1, 0.15) is 17.9 Å². The van der Waals surface area contributed by atoms with Gasteiger partial charge in [0.05, 0.1) is 30.5 Å². The zero-order valence-electron chi connectivity index (χ0n) is 25.4. The third kappa shape index (κ3) is 8.14. The van der Waals surface area contributed by atoms with Crippen LogP contribution in [-0.2, 0) is 20.9 Å². The number of rotatable bonds is 9. The first kappa shape index (κ1) is 32.7. The number of likely N-dealkylation sites (N-methyl/N-ethyl adjacent to an activating group) is 1. The number of benzene rings is 3. The van der Waals surface area contributed by atoms with Crippen molar-refractivity contribution in [2.75, 3.05) is 50.1 Å². The first-order valence-electron chi connectivity index (χ1n) is 14.6. The second kappa shape index (κ2) is 15.1. The number of nitrogens with one attached hydrogen (secondary N) is 2. The maximum absolute atomic E-state index is 13.0. The van der Waals surface area contributed by atoms with Gasteiger partial charge in [0.15, 0.2) is 0 Å². The number of pyridine rings is 1. The molecule has 2 heterocycles. The van der Waals surface area contributed by atoms with Crippen molar-refractivity contribution in [1.82, 2.24) is 15.2 Å². The average molecular weight is 663 g/mol. The van der Waals surface area contributed by atoms with Gasteiger partial charge in [0.2, 0.25) is 11.8 Å². The molecule has 0 atom stereocenters. The van der Waals surface area contributed by atoms with E-state index >= 15 is 0 Å². The van der Waals surface area contributed by atoms with Crippen molar-refractivity contribution < 1.29 is 23.9 Å². The second-order valence-corrected chi connectivity index (χ2v) is 11.4. The van der Waals surface area contributed by atoms with Gasteiger partial charge < -0.3 is 29.9 Å². The molecule has 4 amide bonds. The highest BCUT2D eigenvalue weighted by molar-refractivity contribution is 6.38. The van der Waals surface area contributed by atoms with E-state index in [0.29, 0.717) is 54.0 Å². The molecule has 1 saturated heterocycles. The lowest BCUT2D eigenvalue weighted by atomic mass is 10.1. The van der Waals surface area contributed by atoms with Crippen LogP contribution in [0.3, 0.4) is 0 Å². The maximum Gasteiger partial charge on any atom is 0.321 e. The van der Waals surface area contributed by atoms with E-state index in [4.69, 9.17) is 32.7 Å². The van der Waals surface area contributed by atoms with Gasteiger partial charge in [0, 0.05) is 53.6 Å². The molecule has 46 heavy (non-hydrogen) atoms. The van der Waals surface area contributed by atoms with Crippen LogP contribution >= 0.6 is 23.2 Å². The van der Waals surface area contributed by atoms with Crippen molar-refractivity contribution in [2.45, 2.75) is 13.5 Å². The topological polar surface area (TPSA) is 113 Å². The summed E-state index contributed by atoms with van der Waals surface area (Å²) < 4.78 is 11.4. The summed E-state index contributed by atoms with van der Waals surface area (Å²) in [4.78, 5) is 45.4.